The number of benzene rings is 2. The molecule has 0 saturated heterocycles. The average Bonchev–Trinajstić information content (AvgIpc) is 3.17. The van der Waals surface area contributed by atoms with Crippen LogP contribution in [0.25, 0.3) is 0 Å². The maximum Gasteiger partial charge on any atom is 0.291 e. The molecule has 0 aliphatic carbocycles. The van der Waals surface area contributed by atoms with E-state index in [0.29, 0.717) is 27.7 Å². The number of hydrogen-bond acceptors (Lipinski definition) is 4. The number of anilines is 2. The minimum atomic E-state index is -0.399. The van der Waals surface area contributed by atoms with Crippen molar-refractivity contribution in [2.75, 3.05) is 17.7 Å². The molecule has 26 heavy (non-hydrogen) atoms. The lowest BCUT2D eigenvalue weighted by Gasteiger charge is -2.11. The molecule has 3 rings (SSSR count). The lowest BCUT2D eigenvalue weighted by Crippen LogP contribution is -2.14. The molecule has 0 fully saturated rings. The van der Waals surface area contributed by atoms with Gasteiger partial charge in [-0.3, -0.25) is 9.59 Å². The van der Waals surface area contributed by atoms with Gasteiger partial charge in [0.15, 0.2) is 5.76 Å². The lowest BCUT2D eigenvalue weighted by molar-refractivity contribution is 0.0993. The van der Waals surface area contributed by atoms with Crippen molar-refractivity contribution in [3.8, 4) is 5.75 Å². The zero-order chi connectivity index (χ0) is 18.5. The van der Waals surface area contributed by atoms with E-state index in [0.717, 1.165) is 0 Å². The summed E-state index contributed by atoms with van der Waals surface area (Å²) in [5.74, 6) is -0.0859. The molecule has 2 N–H and O–H groups in total. The maximum absolute atomic E-state index is 12.5. The minimum absolute atomic E-state index is 0.184. The summed E-state index contributed by atoms with van der Waals surface area (Å²) >= 11 is 5.97. The highest BCUT2D eigenvalue weighted by atomic mass is 35.5. The molecule has 7 heteroatoms. The highest BCUT2D eigenvalue weighted by Crippen LogP contribution is 2.28. The molecule has 0 unspecified atom stereocenters. The van der Waals surface area contributed by atoms with Gasteiger partial charge in [0.25, 0.3) is 11.8 Å². The van der Waals surface area contributed by atoms with E-state index in [1.54, 1.807) is 54.6 Å². The summed E-state index contributed by atoms with van der Waals surface area (Å²) in [6, 6.07) is 14.6. The van der Waals surface area contributed by atoms with Gasteiger partial charge in [-0.2, -0.15) is 0 Å². The Morgan fingerprint density at radius 1 is 1.00 bits per heavy atom. The van der Waals surface area contributed by atoms with E-state index >= 15 is 0 Å². The van der Waals surface area contributed by atoms with Crippen LogP contribution in [0.4, 0.5) is 11.4 Å². The molecule has 0 aliphatic rings. The van der Waals surface area contributed by atoms with Gasteiger partial charge in [0, 0.05) is 16.3 Å². The topological polar surface area (TPSA) is 80.6 Å². The molecule has 0 atom stereocenters. The van der Waals surface area contributed by atoms with Crippen LogP contribution in [-0.4, -0.2) is 18.9 Å². The molecule has 6 nitrogen and oxygen atoms in total. The molecule has 2 aromatic carbocycles. The fourth-order valence-electron chi connectivity index (χ4n) is 2.31. The highest BCUT2D eigenvalue weighted by Gasteiger charge is 2.13. The van der Waals surface area contributed by atoms with Crippen molar-refractivity contribution in [3.05, 3.63) is 77.2 Å². The van der Waals surface area contributed by atoms with Gasteiger partial charge in [-0.25, -0.2) is 0 Å². The molecule has 1 heterocycles. The first-order valence-corrected chi connectivity index (χ1v) is 8.04. The average molecular weight is 371 g/mol. The first-order chi connectivity index (χ1) is 12.6. The minimum Gasteiger partial charge on any atom is -0.495 e. The second kappa shape index (κ2) is 7.76. The monoisotopic (exact) mass is 370 g/mol. The Kier molecular flexibility index (Phi) is 5.24. The molecule has 2 amide bonds. The lowest BCUT2D eigenvalue weighted by atomic mass is 10.1. The number of nitrogens with one attached hydrogen (secondary N) is 2. The van der Waals surface area contributed by atoms with E-state index in [2.05, 4.69) is 10.6 Å². The van der Waals surface area contributed by atoms with E-state index in [1.807, 2.05) is 0 Å². The molecular weight excluding hydrogens is 356 g/mol. The van der Waals surface area contributed by atoms with Gasteiger partial charge in [-0.1, -0.05) is 17.7 Å². The van der Waals surface area contributed by atoms with Gasteiger partial charge in [-0.05, 0) is 48.5 Å². The zero-order valence-electron chi connectivity index (χ0n) is 13.8. The van der Waals surface area contributed by atoms with Gasteiger partial charge < -0.3 is 19.8 Å². The van der Waals surface area contributed by atoms with Crippen LogP contribution < -0.4 is 15.4 Å². The number of methoxy groups -OCH3 is 1. The van der Waals surface area contributed by atoms with Crippen molar-refractivity contribution in [1.29, 1.82) is 0 Å². The molecular formula is C19H15ClN2O4. The van der Waals surface area contributed by atoms with Crippen molar-refractivity contribution >= 4 is 34.8 Å². The molecule has 0 spiro atoms. The smallest absolute Gasteiger partial charge is 0.291 e. The number of carbonyl (C=O) groups is 2. The van der Waals surface area contributed by atoms with Crippen LogP contribution in [-0.2, 0) is 0 Å². The summed E-state index contributed by atoms with van der Waals surface area (Å²) in [6.07, 6.45) is 1.41. The molecule has 132 valence electrons. The first-order valence-electron chi connectivity index (χ1n) is 7.66. The van der Waals surface area contributed by atoms with Crippen LogP contribution in [0.1, 0.15) is 20.9 Å². The summed E-state index contributed by atoms with van der Waals surface area (Å²) < 4.78 is 10.3. The van der Waals surface area contributed by atoms with Gasteiger partial charge in [0.1, 0.15) is 5.75 Å². The number of furan rings is 1. The molecule has 0 bridgehead atoms. The van der Waals surface area contributed by atoms with Crippen molar-refractivity contribution in [1.82, 2.24) is 0 Å². The second-order valence-electron chi connectivity index (χ2n) is 5.31. The van der Waals surface area contributed by atoms with E-state index in [4.69, 9.17) is 20.8 Å². The van der Waals surface area contributed by atoms with E-state index in [1.165, 1.54) is 13.4 Å². The Balaban J connectivity index is 1.76. The van der Waals surface area contributed by atoms with Crippen LogP contribution in [0.2, 0.25) is 5.02 Å². The van der Waals surface area contributed by atoms with Crippen LogP contribution in [0.15, 0.2) is 65.3 Å². The summed E-state index contributed by atoms with van der Waals surface area (Å²) in [4.78, 5) is 24.6. The summed E-state index contributed by atoms with van der Waals surface area (Å²) in [7, 11) is 1.50. The van der Waals surface area contributed by atoms with Crippen LogP contribution in [0, 0.1) is 0 Å². The molecule has 3 aromatic rings. The maximum atomic E-state index is 12.5. The SMILES string of the molecule is COc1ccc(Cl)cc1NC(=O)c1cccc(NC(=O)c2ccco2)c1. The Labute approximate surface area is 154 Å². The fraction of sp³-hybridized carbons (Fsp3) is 0.0526. The third-order valence-corrected chi connectivity index (χ3v) is 3.77. The molecule has 0 aliphatic heterocycles. The van der Waals surface area contributed by atoms with Crippen molar-refractivity contribution in [2.24, 2.45) is 0 Å². The predicted molar refractivity (Wildman–Crippen MR) is 99.1 cm³/mol. The second-order valence-corrected chi connectivity index (χ2v) is 5.75. The quantitative estimate of drug-likeness (QED) is 0.695. The number of amides is 2. The zero-order valence-corrected chi connectivity index (χ0v) is 14.5. The Hall–Kier alpha value is -3.25. The third kappa shape index (κ3) is 4.04. The van der Waals surface area contributed by atoms with Crippen molar-refractivity contribution < 1.29 is 18.7 Å². The van der Waals surface area contributed by atoms with Gasteiger partial charge in [-0.15, -0.1) is 0 Å². The van der Waals surface area contributed by atoms with Crippen LogP contribution in [0.5, 0.6) is 5.75 Å². The van der Waals surface area contributed by atoms with Gasteiger partial charge in [0.05, 0.1) is 19.1 Å². The number of hydrogen-bond donors (Lipinski definition) is 2. The predicted octanol–water partition coefficient (Wildman–Crippen LogP) is 4.45. The van der Waals surface area contributed by atoms with E-state index in [9.17, 15) is 9.59 Å². The first kappa shape index (κ1) is 17.6. The number of halogens is 1. The number of carbonyl (C=O) groups excluding carboxylic acids is 2. The summed E-state index contributed by atoms with van der Waals surface area (Å²) in [5, 5.41) is 5.90. The summed E-state index contributed by atoms with van der Waals surface area (Å²) in [5.41, 5.74) is 1.29. The summed E-state index contributed by atoms with van der Waals surface area (Å²) in [6.45, 7) is 0. The van der Waals surface area contributed by atoms with Gasteiger partial charge in [0.2, 0.25) is 0 Å². The van der Waals surface area contributed by atoms with Crippen molar-refractivity contribution in [2.45, 2.75) is 0 Å². The van der Waals surface area contributed by atoms with E-state index < -0.39 is 5.91 Å². The molecule has 1 aromatic heterocycles. The van der Waals surface area contributed by atoms with Crippen LogP contribution >= 0.6 is 11.6 Å². The van der Waals surface area contributed by atoms with Crippen molar-refractivity contribution in [3.63, 3.8) is 0 Å². The Bertz CT molecular complexity index is 938. The Morgan fingerprint density at radius 3 is 2.58 bits per heavy atom. The number of ether oxygens (including phenoxy) is 1. The molecule has 0 radical (unpaired) electrons. The molecule has 0 saturated carbocycles. The van der Waals surface area contributed by atoms with Crippen LogP contribution in [0.3, 0.4) is 0 Å². The normalized spacial score (nSPS) is 10.2. The Morgan fingerprint density at radius 2 is 1.85 bits per heavy atom. The van der Waals surface area contributed by atoms with E-state index in [-0.39, 0.29) is 11.7 Å². The fourth-order valence-corrected chi connectivity index (χ4v) is 2.48. The largest absolute Gasteiger partial charge is 0.495 e. The third-order valence-electron chi connectivity index (χ3n) is 3.54. The highest BCUT2D eigenvalue weighted by molar-refractivity contribution is 6.31. The standard InChI is InChI=1S/C19H15ClN2O4/c1-25-16-8-7-13(20)11-15(16)22-18(23)12-4-2-5-14(10-12)21-19(24)17-6-3-9-26-17/h2-11H,1H3,(H,21,24)(H,22,23). The van der Waals surface area contributed by atoms with Gasteiger partial charge >= 0.3 is 0 Å². The number of rotatable bonds is 5.